The van der Waals surface area contributed by atoms with Crippen molar-refractivity contribution in [2.24, 2.45) is 17.3 Å². The van der Waals surface area contributed by atoms with Gasteiger partial charge in [-0.05, 0) is 37.0 Å². The van der Waals surface area contributed by atoms with E-state index >= 15 is 0 Å². The predicted octanol–water partition coefficient (Wildman–Crippen LogP) is 0.499. The van der Waals surface area contributed by atoms with Crippen molar-refractivity contribution in [3.63, 3.8) is 0 Å². The first kappa shape index (κ1) is 25.4. The van der Waals surface area contributed by atoms with Gasteiger partial charge in [-0.1, -0.05) is 20.8 Å². The molecule has 3 fully saturated rings. The summed E-state index contributed by atoms with van der Waals surface area (Å²) in [6.07, 6.45) is -5.13. The number of ketones is 1. The van der Waals surface area contributed by atoms with Crippen LogP contribution >= 0.6 is 0 Å². The molecule has 2 aliphatic heterocycles. The van der Waals surface area contributed by atoms with Gasteiger partial charge in [0.05, 0.1) is 6.04 Å². The van der Waals surface area contributed by atoms with E-state index in [0.717, 1.165) is 0 Å². The van der Waals surface area contributed by atoms with E-state index in [1.54, 1.807) is 13.8 Å². The van der Waals surface area contributed by atoms with E-state index in [-0.39, 0.29) is 29.7 Å². The number of aliphatic hydroxyl groups excluding tert-OH is 1. The Hall–Kier alpha value is -2.21. The normalized spacial score (nSPS) is 30.6. The van der Waals surface area contributed by atoms with Crippen molar-refractivity contribution in [2.75, 3.05) is 13.2 Å². The molecule has 1 saturated carbocycles. The Morgan fingerprint density at radius 1 is 1.30 bits per heavy atom. The molecule has 0 unspecified atom stereocenters. The molecule has 3 N–H and O–H groups in total. The van der Waals surface area contributed by atoms with Crippen molar-refractivity contribution < 1.29 is 42.2 Å². The van der Waals surface area contributed by atoms with Crippen LogP contribution in [0.3, 0.4) is 0 Å². The van der Waals surface area contributed by atoms with Crippen LogP contribution in [0.4, 0.5) is 13.2 Å². The first-order valence-corrected chi connectivity index (χ1v) is 11.0. The molecule has 0 radical (unpaired) electrons. The third-order valence-electron chi connectivity index (χ3n) is 6.84. The highest BCUT2D eigenvalue weighted by Crippen LogP contribution is 2.59. The second-order valence-electron chi connectivity index (χ2n) is 9.80. The summed E-state index contributed by atoms with van der Waals surface area (Å²) in [5.74, 6) is -3.66. The number of carbonyl (C=O) groups is 4. The predicted molar refractivity (Wildman–Crippen MR) is 107 cm³/mol. The summed E-state index contributed by atoms with van der Waals surface area (Å²) in [7, 11) is 0. The Labute approximate surface area is 189 Å². The molecule has 0 aromatic rings. The number of Topliss-reactive ketones (excluding diaryl/α,β-unsaturated/α-hetero) is 1. The van der Waals surface area contributed by atoms with Crippen molar-refractivity contribution in [3.05, 3.63) is 0 Å². The number of amides is 3. The highest BCUT2D eigenvalue weighted by atomic mass is 19.4. The fraction of sp³-hybridized carbons (Fsp3) is 0.810. The molecule has 2 heterocycles. The molecule has 0 aromatic carbocycles. The van der Waals surface area contributed by atoms with E-state index in [1.165, 1.54) is 4.90 Å². The lowest BCUT2D eigenvalue weighted by atomic mass is 9.95. The number of hydrogen-bond acceptors (Lipinski definition) is 6. The van der Waals surface area contributed by atoms with Gasteiger partial charge in [0.2, 0.25) is 11.8 Å². The maximum Gasteiger partial charge on any atom is 0.522 e. The van der Waals surface area contributed by atoms with Gasteiger partial charge in [0.25, 0.3) is 5.91 Å². The van der Waals surface area contributed by atoms with E-state index in [4.69, 9.17) is 0 Å². The first-order valence-electron chi connectivity index (χ1n) is 11.0. The van der Waals surface area contributed by atoms with Crippen LogP contribution in [-0.2, 0) is 23.9 Å². The molecule has 1 aliphatic carbocycles. The zero-order valence-corrected chi connectivity index (χ0v) is 18.8. The third-order valence-corrected chi connectivity index (χ3v) is 6.84. The van der Waals surface area contributed by atoms with E-state index in [0.29, 0.717) is 25.8 Å². The fourth-order valence-electron chi connectivity index (χ4n) is 4.70. The molecular formula is C21H30F3N3O6. The Balaban J connectivity index is 1.74. The number of nitrogens with one attached hydrogen (secondary N) is 2. The molecule has 0 bridgehead atoms. The number of hydrogen-bond donors (Lipinski definition) is 3. The van der Waals surface area contributed by atoms with Crippen LogP contribution in [-0.4, -0.2) is 77.3 Å². The monoisotopic (exact) mass is 477 g/mol. The number of ether oxygens (including phenoxy) is 1. The Bertz CT molecular complexity index is 820. The maximum atomic E-state index is 13.1. The van der Waals surface area contributed by atoms with Gasteiger partial charge >= 0.3 is 6.36 Å². The van der Waals surface area contributed by atoms with Crippen LogP contribution in [0.2, 0.25) is 0 Å². The molecule has 0 aromatic heterocycles. The summed E-state index contributed by atoms with van der Waals surface area (Å²) in [6, 6.07) is -2.58. The number of nitrogens with zero attached hydrogens (tertiary/aromatic N) is 1. The Morgan fingerprint density at radius 3 is 2.52 bits per heavy atom. The van der Waals surface area contributed by atoms with Crippen LogP contribution in [0.1, 0.15) is 46.5 Å². The van der Waals surface area contributed by atoms with Crippen LogP contribution in [0.5, 0.6) is 0 Å². The lowest BCUT2D eigenvalue weighted by Gasteiger charge is -2.31. The zero-order valence-electron chi connectivity index (χ0n) is 18.8. The fourth-order valence-corrected chi connectivity index (χ4v) is 4.70. The number of aliphatic hydroxyl groups is 1. The minimum absolute atomic E-state index is 0.173. The number of fused-ring (bicyclic) bond motifs is 1. The van der Waals surface area contributed by atoms with E-state index in [1.807, 2.05) is 6.92 Å². The summed E-state index contributed by atoms with van der Waals surface area (Å²) in [4.78, 5) is 51.8. The molecule has 33 heavy (non-hydrogen) atoms. The van der Waals surface area contributed by atoms with Gasteiger partial charge in [0.15, 0.2) is 5.78 Å². The molecule has 3 rings (SSSR count). The molecule has 2 saturated heterocycles. The topological polar surface area (TPSA) is 125 Å². The summed E-state index contributed by atoms with van der Waals surface area (Å²) >= 11 is 0. The van der Waals surface area contributed by atoms with Gasteiger partial charge in [0, 0.05) is 18.5 Å². The van der Waals surface area contributed by atoms with Gasteiger partial charge in [-0.25, -0.2) is 0 Å². The highest BCUT2D eigenvalue weighted by Gasteiger charge is 2.65. The van der Waals surface area contributed by atoms with E-state index in [2.05, 4.69) is 15.4 Å². The van der Waals surface area contributed by atoms with Crippen molar-refractivity contribution >= 4 is 23.5 Å². The molecule has 6 atom stereocenters. The summed E-state index contributed by atoms with van der Waals surface area (Å²) in [5, 5.41) is 15.3. The average Bonchev–Trinajstić information content (AvgIpc) is 3.04. The molecule has 3 aliphatic rings. The standard InChI is InChI=1S/C21H30F3N3O6/c1-10(2)16(29)19(32)27-13(7-20(3)8-15(20)27)18(31)26-12(6-11-4-5-25-17(11)30)14(28)9-33-21(22,23)24/h10-13,15-16,29H,4-9H2,1-3H3,(H,25,30)(H,26,31)/t11-,12-,13-,15+,16+,20-/m0/s1. The van der Waals surface area contributed by atoms with Crippen molar-refractivity contribution in [3.8, 4) is 0 Å². The minimum Gasteiger partial charge on any atom is -0.383 e. The number of alkyl halides is 3. The molecule has 0 spiro atoms. The SMILES string of the molecule is CC(C)[C@@H](O)C(=O)N1[C@H](C(=O)N[C@@H](C[C@@H]2CCNC2=O)C(=O)COC(F)(F)F)C[C@@]2(C)C[C@@H]12. The van der Waals surface area contributed by atoms with Gasteiger partial charge in [0.1, 0.15) is 18.8 Å². The molecular weight excluding hydrogens is 447 g/mol. The van der Waals surface area contributed by atoms with Gasteiger partial charge in [-0.3, -0.25) is 23.9 Å². The van der Waals surface area contributed by atoms with Crippen LogP contribution in [0.15, 0.2) is 0 Å². The van der Waals surface area contributed by atoms with Crippen LogP contribution in [0.25, 0.3) is 0 Å². The zero-order chi connectivity index (χ0) is 24.7. The molecule has 3 amide bonds. The quantitative estimate of drug-likeness (QED) is 0.444. The largest absolute Gasteiger partial charge is 0.522 e. The third kappa shape index (κ3) is 5.65. The van der Waals surface area contributed by atoms with Crippen molar-refractivity contribution in [2.45, 2.75) is 77.0 Å². The van der Waals surface area contributed by atoms with E-state index < -0.39 is 54.7 Å². The first-order chi connectivity index (χ1) is 15.2. The second kappa shape index (κ2) is 9.21. The summed E-state index contributed by atoms with van der Waals surface area (Å²) < 4.78 is 40.9. The highest BCUT2D eigenvalue weighted by molar-refractivity contribution is 5.95. The number of halogens is 3. The average molecular weight is 477 g/mol. The summed E-state index contributed by atoms with van der Waals surface area (Å²) in [6.45, 7) is 4.32. The van der Waals surface area contributed by atoms with Gasteiger partial charge in [-0.15, -0.1) is 13.2 Å². The Morgan fingerprint density at radius 2 is 1.97 bits per heavy atom. The summed E-state index contributed by atoms with van der Waals surface area (Å²) in [5.41, 5.74) is -0.293. The molecule has 9 nitrogen and oxygen atoms in total. The Kier molecular flexibility index (Phi) is 7.09. The van der Waals surface area contributed by atoms with Gasteiger partial charge in [-0.2, -0.15) is 0 Å². The maximum absolute atomic E-state index is 13.1. The number of likely N-dealkylation sites (tertiary alicyclic amines) is 1. The van der Waals surface area contributed by atoms with Crippen LogP contribution in [0, 0.1) is 17.3 Å². The lowest BCUT2D eigenvalue weighted by Crippen LogP contribution is -2.55. The van der Waals surface area contributed by atoms with E-state index in [9.17, 15) is 37.5 Å². The smallest absolute Gasteiger partial charge is 0.383 e. The van der Waals surface area contributed by atoms with Crippen molar-refractivity contribution in [1.82, 2.24) is 15.5 Å². The minimum atomic E-state index is -5.02. The number of piperidine rings is 1. The van der Waals surface area contributed by atoms with Crippen molar-refractivity contribution in [1.29, 1.82) is 0 Å². The molecule has 186 valence electrons. The van der Waals surface area contributed by atoms with Crippen LogP contribution < -0.4 is 10.6 Å². The van der Waals surface area contributed by atoms with Gasteiger partial charge < -0.3 is 20.6 Å². The number of carbonyl (C=O) groups excluding carboxylic acids is 4. The lowest BCUT2D eigenvalue weighted by molar-refractivity contribution is -0.321. The number of rotatable bonds is 9. The molecule has 12 heteroatoms. The second-order valence-corrected chi connectivity index (χ2v) is 9.80.